The molecule has 0 bridgehead atoms. The highest BCUT2D eigenvalue weighted by Crippen LogP contribution is 2.19. The largest absolute Gasteiger partial charge is 0.497 e. The van der Waals surface area contributed by atoms with Gasteiger partial charge in [-0.3, -0.25) is 0 Å². The van der Waals surface area contributed by atoms with E-state index in [0.29, 0.717) is 5.92 Å². The lowest BCUT2D eigenvalue weighted by Crippen LogP contribution is -2.05. The summed E-state index contributed by atoms with van der Waals surface area (Å²) in [4.78, 5) is 0. The summed E-state index contributed by atoms with van der Waals surface area (Å²) >= 11 is 0. The summed E-state index contributed by atoms with van der Waals surface area (Å²) in [6, 6.07) is 8.32. The Morgan fingerprint density at radius 1 is 1.21 bits per heavy atom. The first kappa shape index (κ1) is 11.1. The van der Waals surface area contributed by atoms with E-state index < -0.39 is 0 Å². The first-order valence-electron chi connectivity index (χ1n) is 5.06. The Bertz CT molecular complexity index is 261. The normalized spacial score (nSPS) is 12.9. The van der Waals surface area contributed by atoms with E-state index in [0.717, 1.165) is 12.2 Å². The summed E-state index contributed by atoms with van der Waals surface area (Å²) in [7, 11) is 1.70. The van der Waals surface area contributed by atoms with Gasteiger partial charge in [0.1, 0.15) is 5.75 Å². The summed E-state index contributed by atoms with van der Waals surface area (Å²) < 4.78 is 5.12. The van der Waals surface area contributed by atoms with Crippen LogP contribution < -0.4 is 4.74 Å². The van der Waals surface area contributed by atoms with Gasteiger partial charge in [-0.15, -0.1) is 0 Å². The first-order chi connectivity index (χ1) is 6.63. The van der Waals surface area contributed by atoms with Crippen LogP contribution in [0.4, 0.5) is 0 Å². The van der Waals surface area contributed by atoms with Crippen LogP contribution in [0.3, 0.4) is 0 Å². The monoisotopic (exact) mass is 191 g/mol. The van der Waals surface area contributed by atoms with Crippen LogP contribution in [0.2, 0.25) is 0 Å². The minimum atomic E-state index is 0.656. The van der Waals surface area contributed by atoms with Gasteiger partial charge in [0.25, 0.3) is 0 Å². The molecule has 77 valence electrons. The van der Waals surface area contributed by atoms with Crippen molar-refractivity contribution in [2.24, 2.45) is 5.92 Å². The number of hydrogen-bond acceptors (Lipinski definition) is 1. The van der Waals surface area contributed by atoms with Gasteiger partial charge in [0, 0.05) is 0 Å². The van der Waals surface area contributed by atoms with E-state index in [4.69, 9.17) is 4.74 Å². The zero-order chi connectivity index (χ0) is 10.6. The fourth-order valence-corrected chi connectivity index (χ4v) is 1.32. The quantitative estimate of drug-likeness (QED) is 0.708. The van der Waals surface area contributed by atoms with Crippen LogP contribution in [0.1, 0.15) is 26.3 Å². The molecule has 0 spiro atoms. The second-order valence-corrected chi connectivity index (χ2v) is 4.03. The van der Waals surface area contributed by atoms with Crippen LogP contribution in [0, 0.1) is 11.8 Å². The summed E-state index contributed by atoms with van der Waals surface area (Å²) in [5.74, 6) is 3.07. The van der Waals surface area contributed by atoms with Gasteiger partial charge in [-0.25, -0.2) is 0 Å². The molecule has 0 amide bonds. The number of ether oxygens (including phenoxy) is 1. The van der Waals surface area contributed by atoms with Crippen molar-refractivity contribution in [1.82, 2.24) is 0 Å². The molecule has 0 heterocycles. The van der Waals surface area contributed by atoms with Crippen molar-refractivity contribution in [2.45, 2.75) is 27.2 Å². The SMILES string of the molecule is COc1ccc(CC(C)[C](C)C)cc1. The van der Waals surface area contributed by atoms with Gasteiger partial charge in [0.15, 0.2) is 0 Å². The molecule has 1 aromatic carbocycles. The van der Waals surface area contributed by atoms with Crippen molar-refractivity contribution < 1.29 is 4.74 Å². The molecule has 0 fully saturated rings. The fourth-order valence-electron chi connectivity index (χ4n) is 1.32. The molecule has 0 aliphatic heterocycles. The third-order valence-electron chi connectivity index (χ3n) is 2.69. The van der Waals surface area contributed by atoms with E-state index in [1.54, 1.807) is 7.11 Å². The van der Waals surface area contributed by atoms with Crippen LogP contribution in [0.25, 0.3) is 0 Å². The lowest BCUT2D eigenvalue weighted by atomic mass is 9.91. The molecule has 14 heavy (non-hydrogen) atoms. The molecule has 1 atom stereocenters. The smallest absolute Gasteiger partial charge is 0.118 e. The van der Waals surface area contributed by atoms with Gasteiger partial charge in [0.05, 0.1) is 7.11 Å². The summed E-state index contributed by atoms with van der Waals surface area (Å²) in [5, 5.41) is 0. The molecular formula is C13H19O. The number of benzene rings is 1. The topological polar surface area (TPSA) is 9.23 Å². The van der Waals surface area contributed by atoms with Crippen molar-refractivity contribution in [3.63, 3.8) is 0 Å². The van der Waals surface area contributed by atoms with Crippen molar-refractivity contribution in [2.75, 3.05) is 7.11 Å². The van der Waals surface area contributed by atoms with Gasteiger partial charge in [-0.2, -0.15) is 0 Å². The van der Waals surface area contributed by atoms with Crippen molar-refractivity contribution in [3.8, 4) is 5.75 Å². The maximum Gasteiger partial charge on any atom is 0.118 e. The average Bonchev–Trinajstić information content (AvgIpc) is 2.19. The maximum atomic E-state index is 5.12. The molecular weight excluding hydrogens is 172 g/mol. The van der Waals surface area contributed by atoms with Gasteiger partial charge in [0.2, 0.25) is 0 Å². The molecule has 1 radical (unpaired) electrons. The Balaban J connectivity index is 2.59. The van der Waals surface area contributed by atoms with Crippen LogP contribution >= 0.6 is 0 Å². The van der Waals surface area contributed by atoms with Gasteiger partial charge in [-0.1, -0.05) is 32.9 Å². The highest BCUT2D eigenvalue weighted by atomic mass is 16.5. The Morgan fingerprint density at radius 2 is 1.79 bits per heavy atom. The van der Waals surface area contributed by atoms with E-state index in [2.05, 4.69) is 32.9 Å². The summed E-state index contributed by atoms with van der Waals surface area (Å²) in [6.45, 7) is 6.64. The Hall–Kier alpha value is -0.980. The van der Waals surface area contributed by atoms with Crippen molar-refractivity contribution in [3.05, 3.63) is 35.7 Å². The van der Waals surface area contributed by atoms with E-state index >= 15 is 0 Å². The second kappa shape index (κ2) is 5.04. The predicted octanol–water partition coefficient (Wildman–Crippen LogP) is 3.49. The van der Waals surface area contributed by atoms with Gasteiger partial charge >= 0.3 is 0 Å². The maximum absolute atomic E-state index is 5.12. The highest BCUT2D eigenvalue weighted by Gasteiger charge is 2.08. The lowest BCUT2D eigenvalue weighted by molar-refractivity contribution is 0.414. The van der Waals surface area contributed by atoms with E-state index in [1.807, 2.05) is 12.1 Å². The molecule has 1 aromatic rings. The molecule has 0 aliphatic rings. The first-order valence-corrected chi connectivity index (χ1v) is 5.06. The molecule has 1 heteroatoms. The van der Waals surface area contributed by atoms with Crippen LogP contribution in [-0.4, -0.2) is 7.11 Å². The standard InChI is InChI=1S/C13H19O/c1-10(2)11(3)9-12-5-7-13(14-4)8-6-12/h5-8,11H,9H2,1-4H3. The van der Waals surface area contributed by atoms with Crippen LogP contribution in [-0.2, 0) is 6.42 Å². The zero-order valence-electron chi connectivity index (χ0n) is 9.50. The Labute approximate surface area is 87.1 Å². The van der Waals surface area contributed by atoms with E-state index in [9.17, 15) is 0 Å². The van der Waals surface area contributed by atoms with E-state index in [-0.39, 0.29) is 0 Å². The minimum absolute atomic E-state index is 0.656. The molecule has 0 aromatic heterocycles. The Morgan fingerprint density at radius 3 is 2.21 bits per heavy atom. The van der Waals surface area contributed by atoms with Gasteiger partial charge in [-0.05, 0) is 36.0 Å². The minimum Gasteiger partial charge on any atom is -0.497 e. The molecule has 0 saturated heterocycles. The van der Waals surface area contributed by atoms with Gasteiger partial charge < -0.3 is 4.74 Å². The average molecular weight is 191 g/mol. The third-order valence-corrected chi connectivity index (χ3v) is 2.69. The molecule has 0 aliphatic carbocycles. The lowest BCUT2D eigenvalue weighted by Gasteiger charge is -2.14. The van der Waals surface area contributed by atoms with Crippen LogP contribution in [0.15, 0.2) is 24.3 Å². The summed E-state index contributed by atoms with van der Waals surface area (Å²) in [6.07, 6.45) is 1.12. The zero-order valence-corrected chi connectivity index (χ0v) is 9.50. The Kier molecular flexibility index (Phi) is 3.99. The molecule has 0 N–H and O–H groups in total. The van der Waals surface area contributed by atoms with Crippen molar-refractivity contribution in [1.29, 1.82) is 0 Å². The van der Waals surface area contributed by atoms with Crippen molar-refractivity contribution >= 4 is 0 Å². The molecule has 1 nitrogen and oxygen atoms in total. The van der Waals surface area contributed by atoms with E-state index in [1.165, 1.54) is 11.5 Å². The summed E-state index contributed by atoms with van der Waals surface area (Å²) in [5.41, 5.74) is 1.37. The molecule has 1 rings (SSSR count). The van der Waals surface area contributed by atoms with Crippen LogP contribution in [0.5, 0.6) is 5.75 Å². The number of methoxy groups -OCH3 is 1. The third kappa shape index (κ3) is 3.06. The fraction of sp³-hybridized carbons (Fsp3) is 0.462. The number of rotatable bonds is 4. The molecule has 0 saturated carbocycles. The number of hydrogen-bond donors (Lipinski definition) is 0. The predicted molar refractivity (Wildman–Crippen MR) is 60.5 cm³/mol. The molecule has 1 unspecified atom stereocenters. The highest BCUT2D eigenvalue weighted by molar-refractivity contribution is 5.27. The second-order valence-electron chi connectivity index (χ2n) is 4.03.